The molecule has 1 N–H and O–H groups in total. The van der Waals surface area contributed by atoms with Crippen LogP contribution in [0.3, 0.4) is 0 Å². The average molecular weight is 312 g/mol. The zero-order chi connectivity index (χ0) is 16.3. The van der Waals surface area contributed by atoms with Crippen LogP contribution in [0.15, 0.2) is 48.5 Å². The van der Waals surface area contributed by atoms with E-state index in [-0.39, 0.29) is 12.0 Å². The second kappa shape index (κ2) is 6.63. The number of methoxy groups -OCH3 is 2. The molecule has 0 saturated heterocycles. The molecule has 0 radical (unpaired) electrons. The number of rotatable bonds is 7. The largest absolute Gasteiger partial charge is 0.493 e. The summed E-state index contributed by atoms with van der Waals surface area (Å²) in [5.74, 6) is 1.91. The molecule has 2 atom stereocenters. The highest BCUT2D eigenvalue weighted by molar-refractivity contribution is 5.43. The monoisotopic (exact) mass is 312 g/mol. The van der Waals surface area contributed by atoms with E-state index in [4.69, 9.17) is 9.47 Å². The van der Waals surface area contributed by atoms with Crippen LogP contribution in [0.25, 0.3) is 0 Å². The van der Waals surface area contributed by atoms with Crippen molar-refractivity contribution in [1.82, 2.24) is 0 Å². The Kier molecular flexibility index (Phi) is 4.58. The van der Waals surface area contributed by atoms with E-state index in [0.717, 1.165) is 30.8 Å². The molecule has 0 bridgehead atoms. The number of ether oxygens (including phenoxy) is 2. The minimum atomic E-state index is 0.128. The van der Waals surface area contributed by atoms with Crippen LogP contribution in [0.2, 0.25) is 0 Å². The first-order valence-electron chi connectivity index (χ1n) is 8.11. The highest BCUT2D eigenvalue weighted by Gasteiger charge is 2.53. The second-order valence-electron chi connectivity index (χ2n) is 6.30. The fourth-order valence-corrected chi connectivity index (χ4v) is 3.60. The lowest BCUT2D eigenvalue weighted by molar-refractivity contribution is 0.261. The first-order chi connectivity index (χ1) is 11.2. The van der Waals surface area contributed by atoms with Crippen molar-refractivity contribution < 1.29 is 14.6 Å². The molecule has 1 saturated carbocycles. The maximum absolute atomic E-state index is 9.61. The molecular formula is C20H24O3. The highest BCUT2D eigenvalue weighted by Crippen LogP contribution is 2.57. The molecule has 1 aliphatic rings. The Hall–Kier alpha value is -2.00. The van der Waals surface area contributed by atoms with Crippen LogP contribution in [-0.4, -0.2) is 25.9 Å². The molecule has 1 fully saturated rings. The number of hydrogen-bond donors (Lipinski definition) is 1. The molecule has 23 heavy (non-hydrogen) atoms. The summed E-state index contributed by atoms with van der Waals surface area (Å²) in [5, 5.41) is 9.61. The van der Waals surface area contributed by atoms with Gasteiger partial charge in [-0.1, -0.05) is 36.4 Å². The quantitative estimate of drug-likeness (QED) is 0.849. The minimum absolute atomic E-state index is 0.128. The van der Waals surface area contributed by atoms with Gasteiger partial charge in [-0.05, 0) is 48.4 Å². The minimum Gasteiger partial charge on any atom is -0.493 e. The third-order valence-corrected chi connectivity index (χ3v) is 5.11. The summed E-state index contributed by atoms with van der Waals surface area (Å²) in [4.78, 5) is 0. The van der Waals surface area contributed by atoms with Gasteiger partial charge < -0.3 is 14.6 Å². The summed E-state index contributed by atoms with van der Waals surface area (Å²) in [6.45, 7) is 0.265. The van der Waals surface area contributed by atoms with E-state index >= 15 is 0 Å². The third kappa shape index (κ3) is 3.06. The molecule has 3 heteroatoms. The number of hydrogen-bond acceptors (Lipinski definition) is 3. The van der Waals surface area contributed by atoms with Crippen LogP contribution in [0.4, 0.5) is 0 Å². The number of aliphatic hydroxyl groups is 1. The van der Waals surface area contributed by atoms with Gasteiger partial charge in [0, 0.05) is 12.0 Å². The smallest absolute Gasteiger partial charge is 0.160 e. The molecule has 3 nitrogen and oxygen atoms in total. The van der Waals surface area contributed by atoms with Gasteiger partial charge >= 0.3 is 0 Å². The summed E-state index contributed by atoms with van der Waals surface area (Å²) in [6, 6.07) is 16.7. The Labute approximate surface area is 137 Å². The van der Waals surface area contributed by atoms with Crippen LogP contribution in [-0.2, 0) is 11.8 Å². The first-order valence-corrected chi connectivity index (χ1v) is 8.11. The lowest BCUT2D eigenvalue weighted by atomic mass is 9.87. The summed E-state index contributed by atoms with van der Waals surface area (Å²) >= 11 is 0. The Morgan fingerprint density at radius 1 is 1.04 bits per heavy atom. The van der Waals surface area contributed by atoms with E-state index < -0.39 is 0 Å². The second-order valence-corrected chi connectivity index (χ2v) is 6.30. The van der Waals surface area contributed by atoms with Crippen LogP contribution < -0.4 is 9.47 Å². The van der Waals surface area contributed by atoms with Crippen molar-refractivity contribution >= 4 is 0 Å². The lowest BCUT2D eigenvalue weighted by Gasteiger charge is -2.18. The molecule has 0 amide bonds. The summed E-state index contributed by atoms with van der Waals surface area (Å²) in [6.07, 6.45) is 3.07. The summed E-state index contributed by atoms with van der Waals surface area (Å²) in [7, 11) is 3.31. The zero-order valence-corrected chi connectivity index (χ0v) is 13.8. The molecule has 122 valence electrons. The van der Waals surface area contributed by atoms with Crippen LogP contribution in [0.5, 0.6) is 11.5 Å². The molecule has 0 aliphatic heterocycles. The zero-order valence-electron chi connectivity index (χ0n) is 13.8. The molecule has 0 spiro atoms. The van der Waals surface area contributed by atoms with Gasteiger partial charge in [-0.2, -0.15) is 0 Å². The third-order valence-electron chi connectivity index (χ3n) is 5.11. The molecule has 2 unspecified atom stereocenters. The van der Waals surface area contributed by atoms with E-state index in [1.165, 1.54) is 11.1 Å². The van der Waals surface area contributed by atoms with Crippen molar-refractivity contribution in [2.24, 2.45) is 5.92 Å². The van der Waals surface area contributed by atoms with Gasteiger partial charge in [-0.25, -0.2) is 0 Å². The normalized spacial score (nSPS) is 22.7. The van der Waals surface area contributed by atoms with Crippen molar-refractivity contribution in [3.05, 3.63) is 59.7 Å². The molecule has 2 aromatic carbocycles. The molecule has 2 aromatic rings. The van der Waals surface area contributed by atoms with Gasteiger partial charge in [0.2, 0.25) is 0 Å². The number of aryl methyl sites for hydroxylation is 1. The molecule has 3 rings (SSSR count). The van der Waals surface area contributed by atoms with E-state index in [1.807, 2.05) is 18.2 Å². The number of benzene rings is 2. The van der Waals surface area contributed by atoms with E-state index in [9.17, 15) is 5.11 Å². The van der Waals surface area contributed by atoms with Gasteiger partial charge in [0.05, 0.1) is 14.2 Å². The topological polar surface area (TPSA) is 38.7 Å². The fraction of sp³-hybridized carbons (Fsp3) is 0.400. The van der Waals surface area contributed by atoms with Gasteiger partial charge in [0.15, 0.2) is 11.5 Å². The molecule has 0 aromatic heterocycles. The van der Waals surface area contributed by atoms with Crippen molar-refractivity contribution in [1.29, 1.82) is 0 Å². The summed E-state index contributed by atoms with van der Waals surface area (Å²) in [5.41, 5.74) is 2.71. The van der Waals surface area contributed by atoms with E-state index in [1.54, 1.807) is 14.2 Å². The standard InChI is InChI=1S/C20H24O3/c1-22-18-9-8-15(12-19(18)23-2)10-11-20(13-17(20)14-21)16-6-4-3-5-7-16/h3-9,12,17,21H,10-11,13-14H2,1-2H3. The van der Waals surface area contributed by atoms with Crippen molar-refractivity contribution in [3.63, 3.8) is 0 Å². The maximum Gasteiger partial charge on any atom is 0.160 e. The maximum atomic E-state index is 9.61. The van der Waals surface area contributed by atoms with E-state index in [0.29, 0.717) is 5.92 Å². The van der Waals surface area contributed by atoms with Crippen LogP contribution >= 0.6 is 0 Å². The average Bonchev–Trinajstić information content (AvgIpc) is 3.35. The first kappa shape index (κ1) is 15.9. The summed E-state index contributed by atoms with van der Waals surface area (Å²) < 4.78 is 10.7. The van der Waals surface area contributed by atoms with Crippen LogP contribution in [0.1, 0.15) is 24.0 Å². The molecular weight excluding hydrogens is 288 g/mol. The number of aliphatic hydroxyl groups excluding tert-OH is 1. The van der Waals surface area contributed by atoms with E-state index in [2.05, 4.69) is 30.3 Å². The van der Waals surface area contributed by atoms with Crippen molar-refractivity contribution in [2.75, 3.05) is 20.8 Å². The predicted molar refractivity (Wildman–Crippen MR) is 91.2 cm³/mol. The Morgan fingerprint density at radius 2 is 1.78 bits per heavy atom. The molecule has 1 aliphatic carbocycles. The fourth-order valence-electron chi connectivity index (χ4n) is 3.60. The molecule has 0 heterocycles. The Bertz CT molecular complexity index is 653. The highest BCUT2D eigenvalue weighted by atomic mass is 16.5. The van der Waals surface area contributed by atoms with Gasteiger partial charge in [0.25, 0.3) is 0 Å². The SMILES string of the molecule is COc1ccc(CCC2(c3ccccc3)CC2CO)cc1OC. The van der Waals surface area contributed by atoms with Crippen molar-refractivity contribution in [2.45, 2.75) is 24.7 Å². The van der Waals surface area contributed by atoms with Gasteiger partial charge in [-0.3, -0.25) is 0 Å². The Morgan fingerprint density at radius 3 is 2.39 bits per heavy atom. The lowest BCUT2D eigenvalue weighted by Crippen LogP contribution is -2.13. The Balaban J connectivity index is 1.76. The van der Waals surface area contributed by atoms with Gasteiger partial charge in [-0.15, -0.1) is 0 Å². The van der Waals surface area contributed by atoms with Gasteiger partial charge in [0.1, 0.15) is 0 Å². The predicted octanol–water partition coefficient (Wildman–Crippen LogP) is 3.59. The van der Waals surface area contributed by atoms with Crippen LogP contribution in [0, 0.1) is 5.92 Å². The van der Waals surface area contributed by atoms with Crippen molar-refractivity contribution in [3.8, 4) is 11.5 Å².